The first kappa shape index (κ1) is 45.2. The fourth-order valence-corrected chi connectivity index (χ4v) is 8.83. The molecule has 0 saturated carbocycles. The van der Waals surface area contributed by atoms with Crippen molar-refractivity contribution in [2.75, 3.05) is 19.6 Å². The van der Waals surface area contributed by atoms with E-state index in [1.54, 1.807) is 0 Å². The summed E-state index contributed by atoms with van der Waals surface area (Å²) in [4.78, 5) is 0. The molecule has 0 amide bonds. The number of allylic oxidation sites excluding steroid dienone is 6. The number of hydroxylamine groups is 6. The average Bonchev–Trinajstić information content (AvgIpc) is 2.97. The van der Waals surface area contributed by atoms with Gasteiger partial charge in [-0.2, -0.15) is 0 Å². The second-order valence-corrected chi connectivity index (χ2v) is 32.1. The average molecular weight is 696 g/mol. The minimum atomic E-state index is -1.61. The van der Waals surface area contributed by atoms with Crippen LogP contribution < -0.4 is 0 Å². The van der Waals surface area contributed by atoms with Gasteiger partial charge in [0, 0.05) is 36.7 Å². The third kappa shape index (κ3) is 12.9. The van der Waals surface area contributed by atoms with Crippen LogP contribution in [0.15, 0.2) is 32.7 Å². The standard InChI is InChI=1S/C36H78BN3O3Si3/c1-22-28(7)34(31(10)44(13,14)15)38(25-4)41-37(42-39(26-5)35(29(8)23-2)32(11)45(16,17)18)43-40(27-6)36(30(9)24-3)33(12)46(19,20)21/h28-30H,22-27H2,1-21H3/b34-31-,35-32+,36-33+. The summed E-state index contributed by atoms with van der Waals surface area (Å²) in [5.41, 5.74) is 3.83. The Balaban J connectivity index is 7.52. The van der Waals surface area contributed by atoms with E-state index in [0.717, 1.165) is 19.3 Å². The summed E-state index contributed by atoms with van der Waals surface area (Å²) in [7, 11) is -5.79. The van der Waals surface area contributed by atoms with Gasteiger partial charge in [-0.05, 0) is 78.6 Å². The van der Waals surface area contributed by atoms with Gasteiger partial charge in [0.15, 0.2) is 0 Å². The Kier molecular flexibility index (Phi) is 19.1. The van der Waals surface area contributed by atoms with Gasteiger partial charge < -0.3 is 0 Å². The molecule has 0 saturated heterocycles. The topological polar surface area (TPSA) is 37.4 Å². The van der Waals surface area contributed by atoms with Gasteiger partial charge >= 0.3 is 7.32 Å². The normalized spacial score (nSPS) is 16.6. The van der Waals surface area contributed by atoms with E-state index in [0.29, 0.717) is 37.4 Å². The van der Waals surface area contributed by atoms with Gasteiger partial charge in [-0.1, -0.05) is 116 Å². The molecule has 0 spiro atoms. The van der Waals surface area contributed by atoms with Crippen molar-refractivity contribution < 1.29 is 14.3 Å². The molecule has 10 heteroatoms. The van der Waals surface area contributed by atoms with E-state index >= 15 is 0 Å². The lowest BCUT2D eigenvalue weighted by molar-refractivity contribution is -0.186. The lowest BCUT2D eigenvalue weighted by atomic mass is 10.0. The first-order valence-electron chi connectivity index (χ1n) is 18.4. The van der Waals surface area contributed by atoms with E-state index < -0.39 is 31.5 Å². The first-order valence-corrected chi connectivity index (χ1v) is 28.9. The van der Waals surface area contributed by atoms with E-state index in [4.69, 9.17) is 14.3 Å². The predicted molar refractivity (Wildman–Crippen MR) is 213 cm³/mol. The van der Waals surface area contributed by atoms with Crippen LogP contribution >= 0.6 is 0 Å². The van der Waals surface area contributed by atoms with Gasteiger partial charge in [0.1, 0.15) is 0 Å². The smallest absolute Gasteiger partial charge is 0.270 e. The van der Waals surface area contributed by atoms with Crippen molar-refractivity contribution >= 4 is 31.5 Å². The second kappa shape index (κ2) is 19.4. The molecule has 46 heavy (non-hydrogen) atoms. The lowest BCUT2D eigenvalue weighted by Crippen LogP contribution is -2.48. The molecule has 270 valence electrons. The fraction of sp³-hybridized carbons (Fsp3) is 0.833. The SMILES string of the molecule is CCC(C)/C(=C(\C)[Si](C)(C)C)N(CC)OB(ON(CC)/C(=C(\C)[Si](C)(C)C)C(C)CC)ON(CC)/C(=C(\C)[Si](C)(C)C)C(C)CC. The van der Waals surface area contributed by atoms with Crippen LogP contribution in [0.1, 0.15) is 102 Å². The zero-order chi connectivity index (χ0) is 36.4. The molecule has 3 atom stereocenters. The summed E-state index contributed by atoms with van der Waals surface area (Å²) in [6.45, 7) is 51.1. The van der Waals surface area contributed by atoms with Crippen molar-refractivity contribution in [2.24, 2.45) is 17.8 Å². The molecule has 6 nitrogen and oxygen atoms in total. The van der Waals surface area contributed by atoms with Crippen LogP contribution in [0, 0.1) is 17.8 Å². The largest absolute Gasteiger partial charge is 0.708 e. The Hall–Kier alpha value is -0.784. The molecular formula is C36H78BN3O3Si3. The Morgan fingerprint density at radius 3 is 0.783 bits per heavy atom. The number of rotatable bonds is 21. The van der Waals surface area contributed by atoms with Crippen LogP contribution in [0.4, 0.5) is 0 Å². The minimum Gasteiger partial charge on any atom is -0.270 e. The Labute approximate surface area is 291 Å². The third-order valence-electron chi connectivity index (χ3n) is 10.1. The second-order valence-electron chi connectivity index (χ2n) is 16.4. The van der Waals surface area contributed by atoms with E-state index in [1.165, 1.54) is 32.7 Å². The van der Waals surface area contributed by atoms with Crippen molar-refractivity contribution in [3.05, 3.63) is 32.7 Å². The van der Waals surface area contributed by atoms with Crippen molar-refractivity contribution in [2.45, 2.75) is 161 Å². The molecule has 0 N–H and O–H groups in total. The lowest BCUT2D eigenvalue weighted by Gasteiger charge is -2.40. The molecule has 0 aromatic heterocycles. The van der Waals surface area contributed by atoms with Crippen molar-refractivity contribution in [3.8, 4) is 0 Å². The van der Waals surface area contributed by atoms with Crippen LogP contribution in [0.2, 0.25) is 58.9 Å². The van der Waals surface area contributed by atoms with Crippen LogP contribution in [0.25, 0.3) is 0 Å². The zero-order valence-electron chi connectivity index (χ0n) is 34.6. The highest BCUT2D eigenvalue weighted by Gasteiger charge is 2.38. The maximum Gasteiger partial charge on any atom is 0.708 e. The highest BCUT2D eigenvalue weighted by atomic mass is 28.3. The van der Waals surface area contributed by atoms with E-state index in [9.17, 15) is 0 Å². The fourth-order valence-electron chi connectivity index (χ4n) is 5.41. The van der Waals surface area contributed by atoms with Crippen LogP contribution in [0.3, 0.4) is 0 Å². The summed E-state index contributed by atoms with van der Waals surface area (Å²) in [6.07, 6.45) is 3.12. The van der Waals surface area contributed by atoms with Gasteiger partial charge in [-0.3, -0.25) is 29.5 Å². The van der Waals surface area contributed by atoms with Gasteiger partial charge in [-0.15, -0.1) is 0 Å². The molecule has 0 radical (unpaired) electrons. The first-order chi connectivity index (χ1) is 21.0. The molecule has 3 unspecified atom stereocenters. The molecule has 0 heterocycles. The summed E-state index contributed by atoms with van der Waals surface area (Å²) in [6, 6.07) is 0. The predicted octanol–water partition coefficient (Wildman–Crippen LogP) is 11.3. The van der Waals surface area contributed by atoms with E-state index in [1.807, 2.05) is 0 Å². The maximum atomic E-state index is 6.97. The molecule has 0 aliphatic rings. The minimum absolute atomic E-state index is 0.353. The van der Waals surface area contributed by atoms with Crippen molar-refractivity contribution in [1.82, 2.24) is 15.2 Å². The van der Waals surface area contributed by atoms with Crippen LogP contribution in [-0.2, 0) is 14.3 Å². The summed E-state index contributed by atoms with van der Waals surface area (Å²) >= 11 is 0. The Bertz CT molecular complexity index is 900. The Morgan fingerprint density at radius 1 is 0.457 bits per heavy atom. The van der Waals surface area contributed by atoms with E-state index in [2.05, 4.69) is 157 Å². The molecule has 0 aliphatic heterocycles. The highest BCUT2D eigenvalue weighted by molar-refractivity contribution is 6.83. The highest BCUT2D eigenvalue weighted by Crippen LogP contribution is 2.33. The summed E-state index contributed by atoms with van der Waals surface area (Å²) in [5, 5.41) is 10.7. The quantitative estimate of drug-likeness (QED) is 0.0879. The molecule has 0 bridgehead atoms. The van der Waals surface area contributed by atoms with Crippen LogP contribution in [-0.4, -0.2) is 66.4 Å². The molecule has 0 rings (SSSR count). The number of nitrogens with zero attached hydrogens (tertiary/aromatic N) is 3. The monoisotopic (exact) mass is 696 g/mol. The Morgan fingerprint density at radius 2 is 0.652 bits per heavy atom. The van der Waals surface area contributed by atoms with Gasteiger partial charge in [0.05, 0.1) is 24.2 Å². The van der Waals surface area contributed by atoms with Crippen molar-refractivity contribution in [1.29, 1.82) is 0 Å². The zero-order valence-corrected chi connectivity index (χ0v) is 37.6. The molecule has 0 aromatic rings. The molecule has 0 aliphatic carbocycles. The molecule has 0 aromatic carbocycles. The maximum absolute atomic E-state index is 6.97. The number of hydrogen-bond donors (Lipinski definition) is 0. The summed E-state index contributed by atoms with van der Waals surface area (Å²) in [5.74, 6) is 1.06. The van der Waals surface area contributed by atoms with Gasteiger partial charge in [-0.25, -0.2) is 0 Å². The van der Waals surface area contributed by atoms with E-state index in [-0.39, 0.29) is 0 Å². The van der Waals surface area contributed by atoms with Gasteiger partial charge in [0.25, 0.3) is 0 Å². The summed E-state index contributed by atoms with van der Waals surface area (Å²) < 4.78 is 20.9. The van der Waals surface area contributed by atoms with Crippen LogP contribution in [0.5, 0.6) is 0 Å². The molecular weight excluding hydrogens is 617 g/mol. The number of hydrogen-bond acceptors (Lipinski definition) is 6. The van der Waals surface area contributed by atoms with Gasteiger partial charge in [0.2, 0.25) is 0 Å². The van der Waals surface area contributed by atoms with Crippen molar-refractivity contribution in [3.63, 3.8) is 0 Å². The third-order valence-corrected chi connectivity index (χ3v) is 17.6. The molecule has 0 fully saturated rings.